The van der Waals surface area contributed by atoms with E-state index in [-0.39, 0.29) is 0 Å². The smallest absolute Gasteiger partial charge is 0.118 e. The molecule has 1 aromatic rings. The van der Waals surface area contributed by atoms with E-state index in [2.05, 4.69) is 23.2 Å². The van der Waals surface area contributed by atoms with Crippen molar-refractivity contribution >= 4 is 0 Å². The lowest BCUT2D eigenvalue weighted by Gasteiger charge is -2.28. The maximum atomic E-state index is 9.61. The minimum absolute atomic E-state index is 0.404. The van der Waals surface area contributed by atoms with Crippen LogP contribution in [-0.4, -0.2) is 36.2 Å². The van der Waals surface area contributed by atoms with Crippen LogP contribution in [0.4, 0.5) is 0 Å². The highest BCUT2D eigenvalue weighted by Gasteiger charge is 2.12. The van der Waals surface area contributed by atoms with Crippen molar-refractivity contribution < 1.29 is 5.11 Å². The minimum Gasteiger partial charge on any atom is -0.508 e. The van der Waals surface area contributed by atoms with Crippen LogP contribution >= 0.6 is 0 Å². The molecule has 0 bridgehead atoms. The molecule has 88 valence electrons. The van der Waals surface area contributed by atoms with Gasteiger partial charge in [0.25, 0.3) is 0 Å². The average Bonchev–Trinajstić information content (AvgIpc) is 2.27. The van der Waals surface area contributed by atoms with Gasteiger partial charge in [0.2, 0.25) is 0 Å². The monoisotopic (exact) mass is 220 g/mol. The molecule has 16 heavy (non-hydrogen) atoms. The maximum absolute atomic E-state index is 9.61. The number of rotatable bonds is 2. The second kappa shape index (κ2) is 4.85. The highest BCUT2D eigenvalue weighted by molar-refractivity contribution is 5.40. The van der Waals surface area contributed by atoms with Crippen LogP contribution < -0.4 is 5.32 Å². The van der Waals surface area contributed by atoms with Crippen molar-refractivity contribution in [3.63, 3.8) is 0 Å². The van der Waals surface area contributed by atoms with E-state index in [1.165, 1.54) is 11.1 Å². The van der Waals surface area contributed by atoms with Gasteiger partial charge in [0, 0.05) is 32.7 Å². The van der Waals surface area contributed by atoms with Crippen LogP contribution in [0.25, 0.3) is 0 Å². The molecule has 3 heteroatoms. The molecule has 0 saturated carbocycles. The Morgan fingerprint density at radius 1 is 1.19 bits per heavy atom. The third-order valence-corrected chi connectivity index (χ3v) is 3.26. The van der Waals surface area contributed by atoms with E-state index in [0.29, 0.717) is 5.75 Å². The van der Waals surface area contributed by atoms with Gasteiger partial charge in [0.15, 0.2) is 0 Å². The summed E-state index contributed by atoms with van der Waals surface area (Å²) >= 11 is 0. The molecule has 1 aromatic carbocycles. The van der Waals surface area contributed by atoms with Crippen LogP contribution in [0, 0.1) is 13.8 Å². The van der Waals surface area contributed by atoms with Gasteiger partial charge in [-0.3, -0.25) is 4.90 Å². The SMILES string of the molecule is Cc1cc(CN2CCNCC2)c(C)cc1O. The molecule has 1 aliphatic rings. The molecule has 1 fully saturated rings. The fourth-order valence-electron chi connectivity index (χ4n) is 2.14. The Balaban J connectivity index is 2.11. The molecular formula is C13H20N2O. The first-order valence-electron chi connectivity index (χ1n) is 5.89. The molecule has 0 radical (unpaired) electrons. The van der Waals surface area contributed by atoms with Gasteiger partial charge in [-0.15, -0.1) is 0 Å². The number of phenols is 1. The highest BCUT2D eigenvalue weighted by Crippen LogP contribution is 2.22. The molecule has 1 heterocycles. The van der Waals surface area contributed by atoms with Crippen LogP contribution in [0.5, 0.6) is 5.75 Å². The predicted octanol–water partition coefficient (Wildman–Crippen LogP) is 1.41. The molecule has 0 unspecified atom stereocenters. The van der Waals surface area contributed by atoms with Gasteiger partial charge in [-0.05, 0) is 36.6 Å². The number of hydrogen-bond donors (Lipinski definition) is 2. The van der Waals surface area contributed by atoms with Crippen LogP contribution in [-0.2, 0) is 6.54 Å². The predicted molar refractivity (Wildman–Crippen MR) is 65.7 cm³/mol. The van der Waals surface area contributed by atoms with Crippen molar-refractivity contribution in [2.75, 3.05) is 26.2 Å². The molecule has 0 spiro atoms. The molecule has 0 amide bonds. The summed E-state index contributed by atoms with van der Waals surface area (Å²) in [7, 11) is 0. The second-order valence-corrected chi connectivity index (χ2v) is 4.59. The lowest BCUT2D eigenvalue weighted by Crippen LogP contribution is -2.43. The first-order valence-corrected chi connectivity index (χ1v) is 5.89. The summed E-state index contributed by atoms with van der Waals surface area (Å²) in [6, 6.07) is 3.97. The zero-order chi connectivity index (χ0) is 11.5. The van der Waals surface area contributed by atoms with Gasteiger partial charge < -0.3 is 10.4 Å². The number of piperazine rings is 1. The number of hydrogen-bond acceptors (Lipinski definition) is 3. The third-order valence-electron chi connectivity index (χ3n) is 3.26. The molecular weight excluding hydrogens is 200 g/mol. The summed E-state index contributed by atoms with van der Waals surface area (Å²) in [6.07, 6.45) is 0. The van der Waals surface area contributed by atoms with Gasteiger partial charge in [-0.25, -0.2) is 0 Å². The van der Waals surface area contributed by atoms with Gasteiger partial charge >= 0.3 is 0 Å². The fourth-order valence-corrected chi connectivity index (χ4v) is 2.14. The van der Waals surface area contributed by atoms with Crippen molar-refractivity contribution in [2.24, 2.45) is 0 Å². The lowest BCUT2D eigenvalue weighted by molar-refractivity contribution is 0.232. The molecule has 3 nitrogen and oxygen atoms in total. The van der Waals surface area contributed by atoms with Crippen LogP contribution in [0.2, 0.25) is 0 Å². The van der Waals surface area contributed by atoms with Crippen LogP contribution in [0.3, 0.4) is 0 Å². The third kappa shape index (κ3) is 2.54. The number of benzene rings is 1. The topological polar surface area (TPSA) is 35.5 Å². The molecule has 2 N–H and O–H groups in total. The number of aromatic hydroxyl groups is 1. The molecule has 1 aliphatic heterocycles. The average molecular weight is 220 g/mol. The van der Waals surface area contributed by atoms with Crippen molar-refractivity contribution in [3.05, 3.63) is 28.8 Å². The van der Waals surface area contributed by atoms with E-state index in [9.17, 15) is 5.11 Å². The number of nitrogens with one attached hydrogen (secondary N) is 1. The molecule has 2 rings (SSSR count). The number of aryl methyl sites for hydroxylation is 2. The Bertz CT molecular complexity index is 370. The standard InChI is InChI=1S/C13H20N2O/c1-10-8-13(16)11(2)7-12(10)9-15-5-3-14-4-6-15/h7-8,14,16H,3-6,9H2,1-2H3. The lowest BCUT2D eigenvalue weighted by atomic mass is 10.0. The first kappa shape index (κ1) is 11.4. The molecule has 1 saturated heterocycles. The van der Waals surface area contributed by atoms with Crippen molar-refractivity contribution in [1.82, 2.24) is 10.2 Å². The molecule has 0 atom stereocenters. The molecule has 0 aliphatic carbocycles. The van der Waals surface area contributed by atoms with E-state index in [0.717, 1.165) is 38.3 Å². The van der Waals surface area contributed by atoms with Crippen molar-refractivity contribution in [3.8, 4) is 5.75 Å². The van der Waals surface area contributed by atoms with E-state index >= 15 is 0 Å². The zero-order valence-corrected chi connectivity index (χ0v) is 10.1. The maximum Gasteiger partial charge on any atom is 0.118 e. The number of phenolic OH excluding ortho intramolecular Hbond substituents is 1. The Kier molecular flexibility index (Phi) is 3.46. The zero-order valence-electron chi connectivity index (χ0n) is 10.1. The van der Waals surface area contributed by atoms with E-state index < -0.39 is 0 Å². The van der Waals surface area contributed by atoms with Gasteiger partial charge in [0.05, 0.1) is 0 Å². The summed E-state index contributed by atoms with van der Waals surface area (Å²) < 4.78 is 0. The van der Waals surface area contributed by atoms with Crippen LogP contribution in [0.1, 0.15) is 16.7 Å². The fraction of sp³-hybridized carbons (Fsp3) is 0.538. The van der Waals surface area contributed by atoms with E-state index in [4.69, 9.17) is 0 Å². The summed E-state index contributed by atoms with van der Waals surface area (Å²) in [5, 5.41) is 13.0. The Hall–Kier alpha value is -1.06. The second-order valence-electron chi connectivity index (χ2n) is 4.59. The first-order chi connectivity index (χ1) is 7.66. The van der Waals surface area contributed by atoms with Crippen LogP contribution in [0.15, 0.2) is 12.1 Å². The normalized spacial score (nSPS) is 17.6. The van der Waals surface area contributed by atoms with Gasteiger partial charge in [0.1, 0.15) is 5.75 Å². The van der Waals surface area contributed by atoms with Gasteiger partial charge in [-0.2, -0.15) is 0 Å². The number of nitrogens with zero attached hydrogens (tertiary/aromatic N) is 1. The summed E-state index contributed by atoms with van der Waals surface area (Å²) in [5.74, 6) is 0.404. The van der Waals surface area contributed by atoms with E-state index in [1.54, 1.807) is 0 Å². The largest absolute Gasteiger partial charge is 0.508 e. The summed E-state index contributed by atoms with van der Waals surface area (Å²) in [6.45, 7) is 9.40. The van der Waals surface area contributed by atoms with Crippen molar-refractivity contribution in [2.45, 2.75) is 20.4 Å². The van der Waals surface area contributed by atoms with E-state index in [1.807, 2.05) is 13.0 Å². The quantitative estimate of drug-likeness (QED) is 0.791. The minimum atomic E-state index is 0.404. The Morgan fingerprint density at radius 3 is 2.56 bits per heavy atom. The summed E-state index contributed by atoms with van der Waals surface area (Å²) in [5.41, 5.74) is 3.48. The molecule has 0 aromatic heterocycles. The van der Waals surface area contributed by atoms with Crippen molar-refractivity contribution in [1.29, 1.82) is 0 Å². The summed E-state index contributed by atoms with van der Waals surface area (Å²) in [4.78, 5) is 2.45. The highest BCUT2D eigenvalue weighted by atomic mass is 16.3. The van der Waals surface area contributed by atoms with Gasteiger partial charge in [-0.1, -0.05) is 6.07 Å². The Labute approximate surface area is 97.1 Å². The Morgan fingerprint density at radius 2 is 1.88 bits per heavy atom.